The van der Waals surface area contributed by atoms with Crippen molar-refractivity contribution in [3.05, 3.63) is 35.4 Å². The van der Waals surface area contributed by atoms with E-state index in [4.69, 9.17) is 4.74 Å². The van der Waals surface area contributed by atoms with Gasteiger partial charge < -0.3 is 4.74 Å². The van der Waals surface area contributed by atoms with Gasteiger partial charge in [0.15, 0.2) is 5.52 Å². The molecule has 1 aromatic rings. The first-order valence-electron chi connectivity index (χ1n) is 4.26. The number of esters is 1. The fraction of sp³-hybridized carbons (Fsp3) is 0.200. The minimum absolute atomic E-state index is 0.0560. The zero-order valence-electron chi connectivity index (χ0n) is 7.40. The van der Waals surface area contributed by atoms with Crippen molar-refractivity contribution in [2.75, 3.05) is 0 Å². The largest absolute Gasteiger partial charge is 0.453 e. The van der Waals surface area contributed by atoms with E-state index < -0.39 is 6.10 Å². The van der Waals surface area contributed by atoms with E-state index in [1.54, 1.807) is 12.1 Å². The summed E-state index contributed by atoms with van der Waals surface area (Å²) < 4.78 is 5.07. The first-order valence-corrected chi connectivity index (χ1v) is 4.84. The second kappa shape index (κ2) is 3.50. The molecule has 0 spiro atoms. The molecule has 1 aliphatic heterocycles. The van der Waals surface area contributed by atoms with Crippen LogP contribution >= 0.6 is 9.24 Å². The van der Waals surface area contributed by atoms with Crippen molar-refractivity contribution < 1.29 is 14.3 Å². The Morgan fingerprint density at radius 1 is 1.43 bits per heavy atom. The van der Waals surface area contributed by atoms with Crippen molar-refractivity contribution >= 4 is 20.7 Å². The fourth-order valence-corrected chi connectivity index (χ4v) is 1.77. The van der Waals surface area contributed by atoms with Crippen molar-refractivity contribution in [1.82, 2.24) is 0 Å². The third-order valence-corrected chi connectivity index (χ3v) is 2.40. The van der Waals surface area contributed by atoms with Crippen molar-refractivity contribution in [2.45, 2.75) is 12.5 Å². The van der Waals surface area contributed by atoms with Gasteiger partial charge in [-0.1, -0.05) is 27.4 Å². The maximum Gasteiger partial charge on any atom is 0.339 e. The second-order valence-electron chi connectivity index (χ2n) is 3.15. The lowest BCUT2D eigenvalue weighted by Gasteiger charge is -2.06. The summed E-state index contributed by atoms with van der Waals surface area (Å²) in [4.78, 5) is 22.2. The summed E-state index contributed by atoms with van der Waals surface area (Å²) in [5.74, 6) is -0.336. The van der Waals surface area contributed by atoms with Crippen LogP contribution in [0.15, 0.2) is 24.3 Å². The quantitative estimate of drug-likeness (QED) is 0.548. The summed E-state index contributed by atoms with van der Waals surface area (Å²) in [5, 5.41) is 0. The van der Waals surface area contributed by atoms with Gasteiger partial charge in [0.25, 0.3) is 0 Å². The molecule has 1 heterocycles. The molecule has 0 amide bonds. The molecular formula is C10H9O3P. The van der Waals surface area contributed by atoms with Crippen LogP contribution in [0, 0.1) is 0 Å². The van der Waals surface area contributed by atoms with Crippen LogP contribution in [0.5, 0.6) is 0 Å². The molecule has 0 saturated carbocycles. The van der Waals surface area contributed by atoms with Gasteiger partial charge >= 0.3 is 5.97 Å². The molecule has 14 heavy (non-hydrogen) atoms. The summed E-state index contributed by atoms with van der Waals surface area (Å²) in [6, 6.07) is 7.15. The predicted molar refractivity (Wildman–Crippen MR) is 53.9 cm³/mol. The molecule has 0 fully saturated rings. The van der Waals surface area contributed by atoms with Gasteiger partial charge in [-0.15, -0.1) is 0 Å². The van der Waals surface area contributed by atoms with Crippen molar-refractivity contribution in [3.8, 4) is 0 Å². The first-order chi connectivity index (χ1) is 6.68. The zero-order chi connectivity index (χ0) is 10.1. The number of rotatable bonds is 2. The molecule has 2 rings (SSSR count). The number of benzene rings is 1. The highest BCUT2D eigenvalue weighted by Crippen LogP contribution is 2.33. The zero-order valence-corrected chi connectivity index (χ0v) is 8.55. The van der Waals surface area contributed by atoms with Crippen LogP contribution in [0.4, 0.5) is 0 Å². The third kappa shape index (κ3) is 1.55. The number of ether oxygens (including phenoxy) is 1. The van der Waals surface area contributed by atoms with Gasteiger partial charge in [0.1, 0.15) is 6.10 Å². The minimum Gasteiger partial charge on any atom is -0.453 e. The van der Waals surface area contributed by atoms with E-state index in [9.17, 15) is 9.59 Å². The highest BCUT2D eigenvalue weighted by Gasteiger charge is 2.30. The summed E-state index contributed by atoms with van der Waals surface area (Å²) in [6.45, 7) is 0. The van der Waals surface area contributed by atoms with Gasteiger partial charge in [-0.2, -0.15) is 0 Å². The molecule has 2 atom stereocenters. The second-order valence-corrected chi connectivity index (χ2v) is 3.80. The molecule has 0 saturated heterocycles. The Balaban J connectivity index is 2.34. The van der Waals surface area contributed by atoms with Crippen LogP contribution in [-0.2, 0) is 9.53 Å². The Kier molecular flexibility index (Phi) is 2.34. The molecule has 4 heteroatoms. The number of hydrogen-bond donors (Lipinski definition) is 0. The predicted octanol–water partition coefficient (Wildman–Crippen LogP) is 1.69. The molecule has 0 bridgehead atoms. The molecule has 1 aromatic carbocycles. The molecule has 0 N–H and O–H groups in total. The Morgan fingerprint density at radius 3 is 2.86 bits per heavy atom. The van der Waals surface area contributed by atoms with E-state index in [0.717, 1.165) is 5.56 Å². The molecule has 72 valence electrons. The molecule has 3 nitrogen and oxygen atoms in total. The van der Waals surface area contributed by atoms with E-state index >= 15 is 0 Å². The monoisotopic (exact) mass is 208 g/mol. The lowest BCUT2D eigenvalue weighted by Crippen LogP contribution is -2.01. The lowest BCUT2D eigenvalue weighted by molar-refractivity contribution is -0.112. The van der Waals surface area contributed by atoms with Crippen LogP contribution < -0.4 is 0 Å². The van der Waals surface area contributed by atoms with Gasteiger partial charge in [0, 0.05) is 5.56 Å². The Bertz CT molecular complexity index is 398. The van der Waals surface area contributed by atoms with Gasteiger partial charge in [-0.25, -0.2) is 4.79 Å². The standard InChI is InChI=1S/C10H9O3P/c11-9(14)5-8-6-3-1-2-4-7(6)10(12)13-8/h1-4,8H,5,14H2. The van der Waals surface area contributed by atoms with Gasteiger partial charge in [-0.3, -0.25) is 4.79 Å². The fourth-order valence-electron chi connectivity index (χ4n) is 1.55. The highest BCUT2D eigenvalue weighted by molar-refractivity contribution is 7.40. The Labute approximate surface area is 83.7 Å². The van der Waals surface area contributed by atoms with Crippen LogP contribution in [0.25, 0.3) is 0 Å². The van der Waals surface area contributed by atoms with Crippen LogP contribution in [0.2, 0.25) is 0 Å². The van der Waals surface area contributed by atoms with E-state index in [-0.39, 0.29) is 17.9 Å². The van der Waals surface area contributed by atoms with E-state index in [1.165, 1.54) is 0 Å². The average Bonchev–Trinajstić information content (AvgIpc) is 2.44. The number of fused-ring (bicyclic) bond motifs is 1. The van der Waals surface area contributed by atoms with Crippen LogP contribution in [0.1, 0.15) is 28.4 Å². The van der Waals surface area contributed by atoms with E-state index in [0.29, 0.717) is 5.56 Å². The maximum atomic E-state index is 11.3. The van der Waals surface area contributed by atoms with Gasteiger partial charge in [0.05, 0.1) is 12.0 Å². The van der Waals surface area contributed by atoms with Gasteiger partial charge in [-0.05, 0) is 6.07 Å². The van der Waals surface area contributed by atoms with Crippen LogP contribution in [0.3, 0.4) is 0 Å². The number of hydrogen-bond acceptors (Lipinski definition) is 3. The Morgan fingerprint density at radius 2 is 2.14 bits per heavy atom. The normalized spacial score (nSPS) is 18.9. The third-order valence-electron chi connectivity index (χ3n) is 2.16. The summed E-state index contributed by atoms with van der Waals surface area (Å²) >= 11 is 0. The minimum atomic E-state index is -0.399. The number of cyclic esters (lactones) is 1. The molecular weight excluding hydrogens is 199 g/mol. The summed E-state index contributed by atoms with van der Waals surface area (Å²) in [6.07, 6.45) is -0.170. The molecule has 2 unspecified atom stereocenters. The lowest BCUT2D eigenvalue weighted by atomic mass is 10.0. The smallest absolute Gasteiger partial charge is 0.339 e. The van der Waals surface area contributed by atoms with Crippen molar-refractivity contribution in [2.24, 2.45) is 0 Å². The highest BCUT2D eigenvalue weighted by atomic mass is 31.0. The van der Waals surface area contributed by atoms with Crippen molar-refractivity contribution in [1.29, 1.82) is 0 Å². The molecule has 0 radical (unpaired) electrons. The van der Waals surface area contributed by atoms with Crippen LogP contribution in [-0.4, -0.2) is 11.5 Å². The van der Waals surface area contributed by atoms with E-state index in [1.807, 2.05) is 12.1 Å². The number of carbonyl (C=O) groups is 2. The maximum absolute atomic E-state index is 11.3. The number of carbonyl (C=O) groups excluding carboxylic acids is 2. The van der Waals surface area contributed by atoms with Crippen molar-refractivity contribution in [3.63, 3.8) is 0 Å². The molecule has 1 aliphatic rings. The summed E-state index contributed by atoms with van der Waals surface area (Å²) in [5.41, 5.74) is 1.33. The molecule has 0 aliphatic carbocycles. The first kappa shape index (κ1) is 9.35. The summed E-state index contributed by atoms with van der Waals surface area (Å²) in [7, 11) is 2.09. The SMILES string of the molecule is O=C(P)CC1OC(=O)c2ccccc21. The molecule has 0 aromatic heterocycles. The topological polar surface area (TPSA) is 43.4 Å². The Hall–Kier alpha value is -1.21. The average molecular weight is 208 g/mol. The van der Waals surface area contributed by atoms with E-state index in [2.05, 4.69) is 9.24 Å². The van der Waals surface area contributed by atoms with Gasteiger partial charge in [0.2, 0.25) is 0 Å².